The highest BCUT2D eigenvalue weighted by molar-refractivity contribution is 7.89. The fourth-order valence-electron chi connectivity index (χ4n) is 3.69. The summed E-state index contributed by atoms with van der Waals surface area (Å²) in [7, 11) is -3.58. The number of piperidine rings is 1. The molecule has 1 amide bonds. The molecule has 0 saturated carbocycles. The summed E-state index contributed by atoms with van der Waals surface area (Å²) in [6.45, 7) is 6.67. The van der Waals surface area contributed by atoms with Gasteiger partial charge in [0.2, 0.25) is 15.9 Å². The molecular formula is C23H30N2O3S. The van der Waals surface area contributed by atoms with Gasteiger partial charge < -0.3 is 5.32 Å². The number of rotatable bonds is 6. The van der Waals surface area contributed by atoms with E-state index in [4.69, 9.17) is 0 Å². The predicted octanol–water partition coefficient (Wildman–Crippen LogP) is 3.84. The Morgan fingerprint density at radius 1 is 1.14 bits per heavy atom. The van der Waals surface area contributed by atoms with Gasteiger partial charge >= 0.3 is 0 Å². The van der Waals surface area contributed by atoms with E-state index in [0.29, 0.717) is 19.4 Å². The van der Waals surface area contributed by atoms with Crippen LogP contribution in [0.5, 0.6) is 0 Å². The molecule has 1 saturated heterocycles. The second-order valence-electron chi connectivity index (χ2n) is 7.84. The number of carbonyl (C=O) groups is 1. The summed E-state index contributed by atoms with van der Waals surface area (Å²) in [5.74, 6) is -0.415. The Morgan fingerprint density at radius 3 is 2.41 bits per heavy atom. The molecule has 2 aromatic carbocycles. The van der Waals surface area contributed by atoms with Gasteiger partial charge in [0.15, 0.2) is 0 Å². The first-order valence-corrected chi connectivity index (χ1v) is 11.7. The van der Waals surface area contributed by atoms with Gasteiger partial charge in [0.1, 0.15) is 0 Å². The van der Waals surface area contributed by atoms with Crippen molar-refractivity contribution in [1.82, 2.24) is 9.62 Å². The highest BCUT2D eigenvalue weighted by Gasteiger charge is 2.33. The van der Waals surface area contributed by atoms with Gasteiger partial charge in [-0.1, -0.05) is 48.9 Å². The minimum Gasteiger partial charge on any atom is -0.349 e. The monoisotopic (exact) mass is 414 g/mol. The predicted molar refractivity (Wildman–Crippen MR) is 115 cm³/mol. The molecule has 0 bridgehead atoms. The fourth-order valence-corrected chi connectivity index (χ4v) is 5.21. The standard InChI is InChI=1S/C23H30N2O3S/c1-4-19-9-11-20(12-10-19)18(3)24-23(26)21-6-5-15-25(16-21)29(27,28)22-13-7-17(2)8-14-22/h7-14,18,21H,4-6,15-16H2,1-3H3,(H,24,26)/t18-,21-/m1/s1. The van der Waals surface area contributed by atoms with Crippen LogP contribution in [0.2, 0.25) is 0 Å². The molecule has 2 atom stereocenters. The lowest BCUT2D eigenvalue weighted by Gasteiger charge is -2.32. The van der Waals surface area contributed by atoms with E-state index in [1.54, 1.807) is 24.3 Å². The van der Waals surface area contributed by atoms with E-state index in [1.165, 1.54) is 9.87 Å². The van der Waals surface area contributed by atoms with Gasteiger partial charge in [-0.15, -0.1) is 0 Å². The summed E-state index contributed by atoms with van der Waals surface area (Å²) < 4.78 is 27.4. The Morgan fingerprint density at radius 2 is 1.79 bits per heavy atom. The van der Waals surface area contributed by atoms with Crippen molar-refractivity contribution in [2.24, 2.45) is 5.92 Å². The maximum atomic E-state index is 13.0. The third-order valence-corrected chi connectivity index (χ3v) is 7.54. The van der Waals surface area contributed by atoms with Crippen LogP contribution in [0.4, 0.5) is 0 Å². The Hall–Kier alpha value is -2.18. The highest BCUT2D eigenvalue weighted by atomic mass is 32.2. The van der Waals surface area contributed by atoms with E-state index in [1.807, 2.05) is 26.0 Å². The number of hydrogen-bond acceptors (Lipinski definition) is 3. The van der Waals surface area contributed by atoms with Crippen LogP contribution in [0.15, 0.2) is 53.4 Å². The van der Waals surface area contributed by atoms with Crippen molar-refractivity contribution in [3.8, 4) is 0 Å². The normalized spacial score (nSPS) is 18.9. The molecule has 1 fully saturated rings. The Bertz CT molecular complexity index is 937. The molecule has 0 radical (unpaired) electrons. The Kier molecular flexibility index (Phi) is 6.75. The van der Waals surface area contributed by atoms with Crippen LogP contribution in [0.1, 0.15) is 49.4 Å². The van der Waals surface area contributed by atoms with Gasteiger partial charge in [-0.05, 0) is 56.4 Å². The minimum atomic E-state index is -3.58. The molecule has 1 N–H and O–H groups in total. The van der Waals surface area contributed by atoms with Crippen molar-refractivity contribution in [2.45, 2.75) is 51.0 Å². The first-order valence-electron chi connectivity index (χ1n) is 10.3. The molecule has 1 aliphatic heterocycles. The van der Waals surface area contributed by atoms with Crippen molar-refractivity contribution >= 4 is 15.9 Å². The van der Waals surface area contributed by atoms with Crippen LogP contribution >= 0.6 is 0 Å². The van der Waals surface area contributed by atoms with Crippen LogP contribution in [0, 0.1) is 12.8 Å². The highest BCUT2D eigenvalue weighted by Crippen LogP contribution is 2.25. The molecule has 6 heteroatoms. The topological polar surface area (TPSA) is 66.5 Å². The first kappa shape index (κ1) is 21.5. The van der Waals surface area contributed by atoms with Crippen LogP contribution in [-0.2, 0) is 21.2 Å². The maximum Gasteiger partial charge on any atom is 0.243 e. The molecule has 156 valence electrons. The molecular weight excluding hydrogens is 384 g/mol. The van der Waals surface area contributed by atoms with Crippen molar-refractivity contribution in [3.05, 3.63) is 65.2 Å². The first-order chi connectivity index (χ1) is 13.8. The van der Waals surface area contributed by atoms with Gasteiger partial charge in [-0.3, -0.25) is 4.79 Å². The Labute approximate surface area is 174 Å². The molecule has 2 aromatic rings. The zero-order chi connectivity index (χ0) is 21.0. The van der Waals surface area contributed by atoms with Gasteiger partial charge in [0.05, 0.1) is 16.9 Å². The van der Waals surface area contributed by atoms with Crippen molar-refractivity contribution in [2.75, 3.05) is 13.1 Å². The molecule has 1 heterocycles. The van der Waals surface area contributed by atoms with Gasteiger partial charge in [0.25, 0.3) is 0 Å². The quantitative estimate of drug-likeness (QED) is 0.781. The van der Waals surface area contributed by atoms with Gasteiger partial charge in [-0.2, -0.15) is 4.31 Å². The lowest BCUT2D eigenvalue weighted by Crippen LogP contribution is -2.45. The molecule has 0 aromatic heterocycles. The SMILES string of the molecule is CCc1ccc([C@@H](C)NC(=O)[C@@H]2CCCN(S(=O)(=O)c3ccc(C)cc3)C2)cc1. The average Bonchev–Trinajstić information content (AvgIpc) is 2.74. The van der Waals surface area contributed by atoms with Crippen LogP contribution in [0.3, 0.4) is 0 Å². The Balaban J connectivity index is 1.66. The van der Waals surface area contributed by atoms with Crippen LogP contribution in [0.25, 0.3) is 0 Å². The smallest absolute Gasteiger partial charge is 0.243 e. The number of nitrogens with one attached hydrogen (secondary N) is 1. The summed E-state index contributed by atoms with van der Waals surface area (Å²) in [6, 6.07) is 15.0. The van der Waals surface area contributed by atoms with E-state index >= 15 is 0 Å². The second kappa shape index (κ2) is 9.09. The lowest BCUT2D eigenvalue weighted by atomic mass is 9.97. The zero-order valence-corrected chi connectivity index (χ0v) is 18.2. The minimum absolute atomic E-state index is 0.0825. The lowest BCUT2D eigenvalue weighted by molar-refractivity contribution is -0.126. The van der Waals surface area contributed by atoms with E-state index in [9.17, 15) is 13.2 Å². The maximum absolute atomic E-state index is 13.0. The van der Waals surface area contributed by atoms with E-state index in [2.05, 4.69) is 24.4 Å². The summed E-state index contributed by atoms with van der Waals surface area (Å²) in [6.07, 6.45) is 2.37. The molecule has 0 aliphatic carbocycles. The van der Waals surface area contributed by atoms with Crippen LogP contribution in [-0.4, -0.2) is 31.7 Å². The molecule has 0 unspecified atom stereocenters. The zero-order valence-electron chi connectivity index (χ0n) is 17.4. The molecule has 3 rings (SSSR count). The number of sulfonamides is 1. The largest absolute Gasteiger partial charge is 0.349 e. The third-order valence-electron chi connectivity index (χ3n) is 5.66. The van der Waals surface area contributed by atoms with E-state index in [0.717, 1.165) is 17.5 Å². The molecule has 1 aliphatic rings. The molecule has 5 nitrogen and oxygen atoms in total. The summed E-state index contributed by atoms with van der Waals surface area (Å²) in [4.78, 5) is 13.1. The number of benzene rings is 2. The summed E-state index contributed by atoms with van der Waals surface area (Å²) in [5, 5.41) is 3.06. The van der Waals surface area contributed by atoms with Crippen LogP contribution < -0.4 is 5.32 Å². The second-order valence-corrected chi connectivity index (χ2v) is 9.78. The van der Waals surface area contributed by atoms with Crippen molar-refractivity contribution < 1.29 is 13.2 Å². The third kappa shape index (κ3) is 5.06. The van der Waals surface area contributed by atoms with Crippen molar-refractivity contribution in [3.63, 3.8) is 0 Å². The fraction of sp³-hybridized carbons (Fsp3) is 0.435. The van der Waals surface area contributed by atoms with Gasteiger partial charge in [-0.25, -0.2) is 8.42 Å². The molecule has 0 spiro atoms. The summed E-state index contributed by atoms with van der Waals surface area (Å²) >= 11 is 0. The molecule has 29 heavy (non-hydrogen) atoms. The summed E-state index contributed by atoms with van der Waals surface area (Å²) in [5.41, 5.74) is 3.33. The van der Waals surface area contributed by atoms with E-state index in [-0.39, 0.29) is 29.3 Å². The number of hydrogen-bond donors (Lipinski definition) is 1. The van der Waals surface area contributed by atoms with Crippen molar-refractivity contribution in [1.29, 1.82) is 0 Å². The number of aryl methyl sites for hydroxylation is 2. The van der Waals surface area contributed by atoms with E-state index < -0.39 is 10.0 Å². The number of nitrogens with zero attached hydrogens (tertiary/aromatic N) is 1. The average molecular weight is 415 g/mol. The van der Waals surface area contributed by atoms with Gasteiger partial charge in [0, 0.05) is 13.1 Å². The number of amides is 1. The number of carbonyl (C=O) groups excluding carboxylic acids is 1.